The van der Waals surface area contributed by atoms with Crippen molar-refractivity contribution in [2.45, 2.75) is 12.5 Å². The lowest BCUT2D eigenvalue weighted by Gasteiger charge is -2.16. The normalized spacial score (nSPS) is 12.0. The van der Waals surface area contributed by atoms with Crippen LogP contribution < -0.4 is 5.32 Å². The van der Waals surface area contributed by atoms with Gasteiger partial charge < -0.3 is 10.4 Å². The Morgan fingerprint density at radius 3 is 2.55 bits per heavy atom. The van der Waals surface area contributed by atoms with Crippen molar-refractivity contribution in [3.05, 3.63) is 66.5 Å². The van der Waals surface area contributed by atoms with Crippen LogP contribution >= 0.6 is 0 Å². The maximum absolute atomic E-state index is 11.5. The molecule has 2 aromatic carbocycles. The molecule has 0 aliphatic carbocycles. The van der Waals surface area contributed by atoms with Crippen molar-refractivity contribution in [2.24, 2.45) is 0 Å². The van der Waals surface area contributed by atoms with Crippen molar-refractivity contribution in [2.75, 3.05) is 5.32 Å². The first kappa shape index (κ1) is 14.0. The van der Waals surface area contributed by atoms with Crippen LogP contribution in [0.3, 0.4) is 0 Å². The minimum absolute atomic E-state index is 0.383. The highest BCUT2D eigenvalue weighted by atomic mass is 16.4. The third-order valence-corrected chi connectivity index (χ3v) is 3.43. The van der Waals surface area contributed by atoms with Crippen molar-refractivity contribution in [1.82, 2.24) is 9.97 Å². The molecule has 110 valence electrons. The molecule has 5 nitrogen and oxygen atoms in total. The van der Waals surface area contributed by atoms with Crippen molar-refractivity contribution < 1.29 is 9.90 Å². The first-order valence-electron chi connectivity index (χ1n) is 6.97. The lowest BCUT2D eigenvalue weighted by atomic mass is 10.1. The highest BCUT2D eigenvalue weighted by Gasteiger charge is 2.19. The van der Waals surface area contributed by atoms with Gasteiger partial charge in [0.2, 0.25) is 0 Å². The Kier molecular flexibility index (Phi) is 3.96. The lowest BCUT2D eigenvalue weighted by Crippen LogP contribution is -2.32. The van der Waals surface area contributed by atoms with E-state index in [1.54, 1.807) is 0 Å². The van der Waals surface area contributed by atoms with E-state index in [-0.39, 0.29) is 0 Å². The predicted molar refractivity (Wildman–Crippen MR) is 84.7 cm³/mol. The molecule has 1 unspecified atom stereocenters. The molecule has 0 amide bonds. The summed E-state index contributed by atoms with van der Waals surface area (Å²) in [6.45, 7) is 0. The number of aromatic nitrogens is 2. The van der Waals surface area contributed by atoms with Crippen LogP contribution in [-0.2, 0) is 11.2 Å². The standard InChI is InChI=1S/C17H15N3O2/c21-17(22)15(10-12-6-2-1-3-7-12)20-16-13-8-4-5-9-14(13)18-11-19-16/h1-9,11,15H,10H2,(H,21,22)(H,18,19,20). The third kappa shape index (κ3) is 3.03. The van der Waals surface area contributed by atoms with Crippen LogP contribution in [0, 0.1) is 0 Å². The Hall–Kier alpha value is -2.95. The van der Waals surface area contributed by atoms with Gasteiger partial charge in [-0.3, -0.25) is 0 Å². The van der Waals surface area contributed by atoms with E-state index in [1.807, 2.05) is 54.6 Å². The molecular formula is C17H15N3O2. The first-order chi connectivity index (χ1) is 10.7. The van der Waals surface area contributed by atoms with E-state index < -0.39 is 12.0 Å². The molecule has 1 atom stereocenters. The van der Waals surface area contributed by atoms with Crippen LogP contribution in [0.15, 0.2) is 60.9 Å². The minimum atomic E-state index is -0.911. The summed E-state index contributed by atoms with van der Waals surface area (Å²) in [6, 6.07) is 16.3. The highest BCUT2D eigenvalue weighted by molar-refractivity contribution is 5.90. The van der Waals surface area contributed by atoms with Gasteiger partial charge in [-0.2, -0.15) is 0 Å². The zero-order valence-corrected chi connectivity index (χ0v) is 11.8. The summed E-state index contributed by atoms with van der Waals surface area (Å²) in [5, 5.41) is 13.3. The van der Waals surface area contributed by atoms with Gasteiger partial charge in [0.1, 0.15) is 18.2 Å². The average Bonchev–Trinajstić information content (AvgIpc) is 2.55. The molecule has 0 saturated carbocycles. The summed E-state index contributed by atoms with van der Waals surface area (Å²) in [4.78, 5) is 19.9. The number of benzene rings is 2. The van der Waals surface area contributed by atoms with E-state index >= 15 is 0 Å². The van der Waals surface area contributed by atoms with E-state index in [2.05, 4.69) is 15.3 Å². The number of carboxylic acid groups (broad SMARTS) is 1. The van der Waals surface area contributed by atoms with Gasteiger partial charge in [-0.1, -0.05) is 42.5 Å². The van der Waals surface area contributed by atoms with Gasteiger partial charge in [0.05, 0.1) is 5.52 Å². The summed E-state index contributed by atoms with van der Waals surface area (Å²) >= 11 is 0. The van der Waals surface area contributed by atoms with Gasteiger partial charge in [-0.15, -0.1) is 0 Å². The van der Waals surface area contributed by atoms with Gasteiger partial charge in [0.25, 0.3) is 0 Å². The molecule has 0 radical (unpaired) electrons. The summed E-state index contributed by atoms with van der Waals surface area (Å²) in [7, 11) is 0. The van der Waals surface area contributed by atoms with Gasteiger partial charge in [-0.05, 0) is 17.7 Å². The number of carboxylic acids is 1. The molecular weight excluding hydrogens is 278 g/mol. The molecule has 0 saturated heterocycles. The van der Waals surface area contributed by atoms with E-state index in [0.717, 1.165) is 16.5 Å². The Morgan fingerprint density at radius 2 is 1.77 bits per heavy atom. The van der Waals surface area contributed by atoms with E-state index in [4.69, 9.17) is 0 Å². The first-order valence-corrected chi connectivity index (χ1v) is 6.97. The van der Waals surface area contributed by atoms with Crippen molar-refractivity contribution in [3.8, 4) is 0 Å². The number of hydrogen-bond acceptors (Lipinski definition) is 4. The molecule has 1 aromatic heterocycles. The molecule has 0 bridgehead atoms. The fourth-order valence-corrected chi connectivity index (χ4v) is 2.33. The van der Waals surface area contributed by atoms with Gasteiger partial charge in [-0.25, -0.2) is 14.8 Å². The molecule has 0 aliphatic rings. The maximum Gasteiger partial charge on any atom is 0.326 e. The Balaban J connectivity index is 1.88. The highest BCUT2D eigenvalue weighted by Crippen LogP contribution is 2.20. The number of rotatable bonds is 5. The van der Waals surface area contributed by atoms with Crippen LogP contribution in [0.25, 0.3) is 10.9 Å². The monoisotopic (exact) mass is 293 g/mol. The Bertz CT molecular complexity index is 785. The largest absolute Gasteiger partial charge is 0.480 e. The number of nitrogens with zero attached hydrogens (tertiary/aromatic N) is 2. The second-order valence-corrected chi connectivity index (χ2v) is 4.96. The van der Waals surface area contributed by atoms with Crippen LogP contribution in [0.4, 0.5) is 5.82 Å². The average molecular weight is 293 g/mol. The Labute approximate surface area is 127 Å². The summed E-state index contributed by atoms with van der Waals surface area (Å²) in [5.74, 6) is -0.375. The van der Waals surface area contributed by atoms with Crippen molar-refractivity contribution in [3.63, 3.8) is 0 Å². The van der Waals surface area contributed by atoms with E-state index in [0.29, 0.717) is 12.2 Å². The van der Waals surface area contributed by atoms with E-state index in [1.165, 1.54) is 6.33 Å². The molecule has 2 N–H and O–H groups in total. The van der Waals surface area contributed by atoms with Crippen LogP contribution in [-0.4, -0.2) is 27.1 Å². The molecule has 1 heterocycles. The maximum atomic E-state index is 11.5. The second kappa shape index (κ2) is 6.22. The van der Waals surface area contributed by atoms with Crippen molar-refractivity contribution in [1.29, 1.82) is 0 Å². The zero-order valence-electron chi connectivity index (χ0n) is 11.8. The molecule has 0 spiro atoms. The summed E-state index contributed by atoms with van der Waals surface area (Å²) in [5.41, 5.74) is 1.74. The minimum Gasteiger partial charge on any atom is -0.480 e. The van der Waals surface area contributed by atoms with Gasteiger partial charge in [0, 0.05) is 11.8 Å². The third-order valence-electron chi connectivity index (χ3n) is 3.43. The van der Waals surface area contributed by atoms with Gasteiger partial charge in [0.15, 0.2) is 0 Å². The second-order valence-electron chi connectivity index (χ2n) is 4.96. The van der Waals surface area contributed by atoms with Gasteiger partial charge >= 0.3 is 5.97 Å². The predicted octanol–water partition coefficient (Wildman–Crippen LogP) is 2.74. The molecule has 3 rings (SSSR count). The number of para-hydroxylation sites is 1. The molecule has 0 fully saturated rings. The van der Waals surface area contributed by atoms with Crippen LogP contribution in [0.5, 0.6) is 0 Å². The number of anilines is 1. The van der Waals surface area contributed by atoms with Crippen LogP contribution in [0.2, 0.25) is 0 Å². The van der Waals surface area contributed by atoms with Crippen LogP contribution in [0.1, 0.15) is 5.56 Å². The fraction of sp³-hybridized carbons (Fsp3) is 0.118. The number of nitrogens with one attached hydrogen (secondary N) is 1. The summed E-state index contributed by atoms with van der Waals surface area (Å²) in [6.07, 6.45) is 1.82. The topological polar surface area (TPSA) is 75.1 Å². The number of fused-ring (bicyclic) bond motifs is 1. The molecule has 3 aromatic rings. The fourth-order valence-electron chi connectivity index (χ4n) is 2.33. The number of aliphatic carboxylic acids is 1. The van der Waals surface area contributed by atoms with E-state index in [9.17, 15) is 9.90 Å². The quantitative estimate of drug-likeness (QED) is 0.756. The molecule has 5 heteroatoms. The smallest absolute Gasteiger partial charge is 0.326 e. The van der Waals surface area contributed by atoms with Crippen molar-refractivity contribution >= 4 is 22.7 Å². The summed E-state index contributed by atoms with van der Waals surface area (Å²) < 4.78 is 0. The lowest BCUT2D eigenvalue weighted by molar-refractivity contribution is -0.137. The number of hydrogen-bond donors (Lipinski definition) is 2. The molecule has 0 aliphatic heterocycles. The molecule has 22 heavy (non-hydrogen) atoms. The SMILES string of the molecule is O=C(O)C(Cc1ccccc1)Nc1ncnc2ccccc12. The zero-order chi connectivity index (χ0) is 15.4. The Morgan fingerprint density at radius 1 is 1.05 bits per heavy atom. The number of carbonyl (C=O) groups is 1.